The van der Waals surface area contributed by atoms with Crippen LogP contribution >= 0.6 is 22.6 Å². The van der Waals surface area contributed by atoms with E-state index in [-0.39, 0.29) is 23.2 Å². The zero-order chi connectivity index (χ0) is 25.2. The summed E-state index contributed by atoms with van der Waals surface area (Å²) >= 11 is 2.13. The number of aryl methyl sites for hydroxylation is 1. The second kappa shape index (κ2) is 10.4. The van der Waals surface area contributed by atoms with Crippen LogP contribution in [0.15, 0.2) is 53.4 Å². The fourth-order valence-corrected chi connectivity index (χ4v) is 6.13. The Hall–Kier alpha value is -2.80. The van der Waals surface area contributed by atoms with E-state index >= 15 is 0 Å². The molecular formula is C24H29IN6O3S. The lowest BCUT2D eigenvalue weighted by Gasteiger charge is -2.33. The van der Waals surface area contributed by atoms with Crippen LogP contribution in [0.5, 0.6) is 0 Å². The van der Waals surface area contributed by atoms with Crippen LogP contribution in [0.25, 0.3) is 10.9 Å². The first-order valence-electron chi connectivity index (χ1n) is 11.4. The second-order valence-electron chi connectivity index (χ2n) is 8.82. The number of benzene rings is 2. The minimum absolute atomic E-state index is 0.0499. The molecule has 1 aliphatic rings. The number of fused-ring (bicyclic) bond motifs is 1. The Bertz CT molecular complexity index is 1350. The zero-order valence-electron chi connectivity index (χ0n) is 19.2. The van der Waals surface area contributed by atoms with E-state index in [9.17, 15) is 13.2 Å². The Morgan fingerprint density at radius 1 is 1.14 bits per heavy atom. The maximum Gasteiger partial charge on any atom is 0.263 e. The molecule has 4 rings (SSSR count). The average Bonchev–Trinajstić information content (AvgIpc) is 3.10. The highest BCUT2D eigenvalue weighted by Crippen LogP contribution is 2.35. The molecule has 0 bridgehead atoms. The number of guanidine groups is 1. The number of primary amides is 1. The number of nitrogens with zero attached hydrogens (tertiary/aromatic N) is 2. The molecular weight excluding hydrogens is 579 g/mol. The molecule has 1 saturated heterocycles. The number of rotatable bonds is 8. The SMILES string of the molecule is N=C(N)N1CCC[C@H](Cn2c(NS(=O)(=O)c3ccc(I)cc3)c(CCC(N)=O)c3ccccc32)C1. The number of aromatic nitrogens is 1. The van der Waals surface area contributed by atoms with Gasteiger partial charge in [-0.1, -0.05) is 18.2 Å². The third-order valence-electron chi connectivity index (χ3n) is 6.35. The van der Waals surface area contributed by atoms with E-state index in [1.165, 1.54) is 0 Å². The van der Waals surface area contributed by atoms with E-state index < -0.39 is 15.9 Å². The number of likely N-dealkylation sites (tertiary alicyclic amines) is 1. The van der Waals surface area contributed by atoms with Gasteiger partial charge in [-0.2, -0.15) is 0 Å². The summed E-state index contributed by atoms with van der Waals surface area (Å²) in [6, 6.07) is 14.4. The molecule has 1 fully saturated rings. The Morgan fingerprint density at radius 3 is 2.54 bits per heavy atom. The van der Waals surface area contributed by atoms with E-state index in [4.69, 9.17) is 16.9 Å². The number of halogens is 1. The lowest BCUT2D eigenvalue weighted by Crippen LogP contribution is -2.44. The first kappa shape index (κ1) is 25.3. The number of sulfonamides is 1. The number of piperidine rings is 1. The maximum atomic E-state index is 13.4. The highest BCUT2D eigenvalue weighted by molar-refractivity contribution is 14.1. The highest BCUT2D eigenvalue weighted by Gasteiger charge is 2.27. The molecule has 1 amide bonds. The van der Waals surface area contributed by atoms with Gasteiger partial charge in [-0.05, 0) is 78.1 Å². The van der Waals surface area contributed by atoms with E-state index in [1.54, 1.807) is 24.3 Å². The van der Waals surface area contributed by atoms with Crippen molar-refractivity contribution in [2.75, 3.05) is 17.8 Å². The standard InChI is InChI=1S/C24H29IN6O3S/c25-17-7-9-18(10-8-17)35(33,34)29-23-20(11-12-22(26)32)19-5-1-2-6-21(19)31(23)15-16-4-3-13-30(14-16)24(27)28/h1-2,5-10,16,29H,3-4,11-15H2,(H2,26,32)(H3,27,28)/t16-/m0/s1. The number of anilines is 1. The molecule has 1 aromatic heterocycles. The van der Waals surface area contributed by atoms with Crippen molar-refractivity contribution in [3.8, 4) is 0 Å². The molecule has 2 aromatic carbocycles. The fraction of sp³-hybridized carbons (Fsp3) is 0.333. The largest absolute Gasteiger partial charge is 0.370 e. The van der Waals surface area contributed by atoms with Gasteiger partial charge in [0.2, 0.25) is 5.91 Å². The second-order valence-corrected chi connectivity index (χ2v) is 11.7. The topological polar surface area (TPSA) is 147 Å². The molecule has 9 nitrogen and oxygen atoms in total. The lowest BCUT2D eigenvalue weighted by atomic mass is 9.98. The summed E-state index contributed by atoms with van der Waals surface area (Å²) in [4.78, 5) is 13.6. The lowest BCUT2D eigenvalue weighted by molar-refractivity contribution is -0.117. The third kappa shape index (κ3) is 5.72. The van der Waals surface area contributed by atoms with E-state index in [0.29, 0.717) is 25.3 Å². The van der Waals surface area contributed by atoms with Crippen molar-refractivity contribution in [1.29, 1.82) is 5.41 Å². The van der Waals surface area contributed by atoms with E-state index in [1.807, 2.05) is 33.7 Å². The van der Waals surface area contributed by atoms with Crippen molar-refractivity contribution in [3.63, 3.8) is 0 Å². The molecule has 186 valence electrons. The summed E-state index contributed by atoms with van der Waals surface area (Å²) < 4.78 is 32.5. The van der Waals surface area contributed by atoms with Crippen molar-refractivity contribution < 1.29 is 13.2 Å². The summed E-state index contributed by atoms with van der Waals surface area (Å²) in [5.41, 5.74) is 12.8. The van der Waals surface area contributed by atoms with Gasteiger partial charge in [-0.25, -0.2) is 8.42 Å². The summed E-state index contributed by atoms with van der Waals surface area (Å²) in [6.07, 6.45) is 2.27. The molecule has 0 aliphatic carbocycles. The van der Waals surface area contributed by atoms with E-state index in [2.05, 4.69) is 27.3 Å². The molecule has 11 heteroatoms. The van der Waals surface area contributed by atoms with Crippen molar-refractivity contribution in [1.82, 2.24) is 9.47 Å². The van der Waals surface area contributed by atoms with Crippen molar-refractivity contribution in [3.05, 3.63) is 57.7 Å². The summed E-state index contributed by atoms with van der Waals surface area (Å²) in [7, 11) is -3.88. The van der Waals surface area contributed by atoms with Crippen molar-refractivity contribution in [2.24, 2.45) is 17.4 Å². The van der Waals surface area contributed by atoms with Gasteiger partial charge in [0, 0.05) is 46.1 Å². The Labute approximate surface area is 218 Å². The Kier molecular flexibility index (Phi) is 7.55. The van der Waals surface area contributed by atoms with Crippen LogP contribution in [0.4, 0.5) is 5.82 Å². The Morgan fingerprint density at radius 2 is 1.86 bits per heavy atom. The predicted octanol–water partition coefficient (Wildman–Crippen LogP) is 3.07. The first-order valence-corrected chi connectivity index (χ1v) is 14.0. The van der Waals surface area contributed by atoms with Crippen LogP contribution in [0, 0.1) is 14.9 Å². The molecule has 1 aliphatic heterocycles. The monoisotopic (exact) mass is 608 g/mol. The summed E-state index contributed by atoms with van der Waals surface area (Å²) in [6.45, 7) is 1.92. The van der Waals surface area contributed by atoms with Gasteiger partial charge in [-0.3, -0.25) is 14.9 Å². The smallest absolute Gasteiger partial charge is 0.263 e. The van der Waals surface area contributed by atoms with Gasteiger partial charge in [0.05, 0.1) is 4.90 Å². The minimum atomic E-state index is -3.88. The molecule has 35 heavy (non-hydrogen) atoms. The third-order valence-corrected chi connectivity index (χ3v) is 8.43. The van der Waals surface area contributed by atoms with Crippen LogP contribution in [0.2, 0.25) is 0 Å². The predicted molar refractivity (Wildman–Crippen MR) is 146 cm³/mol. The average molecular weight is 609 g/mol. The quantitative estimate of drug-likeness (QED) is 0.176. The van der Waals surface area contributed by atoms with E-state index in [0.717, 1.165) is 39.4 Å². The number of amides is 1. The normalized spacial score (nSPS) is 16.4. The van der Waals surface area contributed by atoms with Crippen molar-refractivity contribution in [2.45, 2.75) is 37.1 Å². The van der Waals surface area contributed by atoms with Gasteiger partial charge in [0.1, 0.15) is 5.82 Å². The van der Waals surface area contributed by atoms with Gasteiger partial charge >= 0.3 is 0 Å². The molecule has 0 spiro atoms. The van der Waals surface area contributed by atoms with Crippen LogP contribution in [-0.2, 0) is 27.8 Å². The molecule has 2 heterocycles. The molecule has 6 N–H and O–H groups in total. The molecule has 0 radical (unpaired) electrons. The minimum Gasteiger partial charge on any atom is -0.370 e. The number of para-hydroxylation sites is 1. The van der Waals surface area contributed by atoms with Crippen LogP contribution in [0.1, 0.15) is 24.8 Å². The fourth-order valence-electron chi connectivity index (χ4n) is 4.67. The maximum absolute atomic E-state index is 13.4. The van der Waals surface area contributed by atoms with Gasteiger partial charge < -0.3 is 20.9 Å². The van der Waals surface area contributed by atoms with Gasteiger partial charge in [-0.15, -0.1) is 0 Å². The summed E-state index contributed by atoms with van der Waals surface area (Å²) in [5.74, 6) is 0.228. The molecule has 0 saturated carbocycles. The first-order chi connectivity index (χ1) is 16.7. The van der Waals surface area contributed by atoms with Crippen LogP contribution in [-0.4, -0.2) is 42.8 Å². The molecule has 0 unspecified atom stereocenters. The number of nitrogens with one attached hydrogen (secondary N) is 2. The highest BCUT2D eigenvalue weighted by atomic mass is 127. The van der Waals surface area contributed by atoms with Gasteiger partial charge in [0.25, 0.3) is 10.0 Å². The number of carbonyl (C=O) groups excluding carboxylic acids is 1. The summed E-state index contributed by atoms with van der Waals surface area (Å²) in [5, 5.41) is 8.70. The number of hydrogen-bond donors (Lipinski definition) is 4. The van der Waals surface area contributed by atoms with Crippen LogP contribution in [0.3, 0.4) is 0 Å². The van der Waals surface area contributed by atoms with Crippen molar-refractivity contribution >= 4 is 61.2 Å². The number of nitrogens with two attached hydrogens (primary N) is 2. The molecule has 1 atom stereocenters. The Balaban J connectivity index is 1.79. The molecule has 3 aromatic rings. The van der Waals surface area contributed by atoms with Gasteiger partial charge in [0.15, 0.2) is 5.96 Å². The number of hydrogen-bond acceptors (Lipinski definition) is 4. The van der Waals surface area contributed by atoms with Crippen LogP contribution < -0.4 is 16.2 Å². The number of carbonyl (C=O) groups is 1. The zero-order valence-corrected chi connectivity index (χ0v) is 22.2.